The molecular formula is C6H6BrNOS. The summed E-state index contributed by atoms with van der Waals surface area (Å²) in [5.74, 6) is 0. The minimum absolute atomic E-state index is 1.05. The van der Waals surface area contributed by atoms with Crippen molar-refractivity contribution in [3.8, 4) is 0 Å². The van der Waals surface area contributed by atoms with Crippen molar-refractivity contribution in [1.29, 1.82) is 0 Å². The number of nitrogens with zero attached hydrogens (tertiary/aromatic N) is 1. The first-order chi connectivity index (χ1) is 4.84. The largest absolute Gasteiger partial charge is 0.399 e. The molecule has 0 N–H and O–H groups in total. The van der Waals surface area contributed by atoms with Gasteiger partial charge in [0.25, 0.3) is 0 Å². The Morgan fingerprint density at radius 3 is 3.00 bits per heavy atom. The summed E-state index contributed by atoms with van der Waals surface area (Å²) < 4.78 is 1.05. The van der Waals surface area contributed by atoms with Crippen molar-refractivity contribution in [2.75, 3.05) is 7.11 Å². The minimum atomic E-state index is 1.05. The SMILES string of the molecule is CO/N=C/c1cscc1Br. The normalized spacial score (nSPS) is 10.6. The first-order valence-electron chi connectivity index (χ1n) is 2.63. The summed E-state index contributed by atoms with van der Waals surface area (Å²) >= 11 is 4.98. The van der Waals surface area contributed by atoms with E-state index in [4.69, 9.17) is 0 Å². The van der Waals surface area contributed by atoms with Crippen molar-refractivity contribution in [3.05, 3.63) is 20.8 Å². The highest BCUT2D eigenvalue weighted by molar-refractivity contribution is 9.10. The van der Waals surface area contributed by atoms with Crippen LogP contribution in [0.5, 0.6) is 0 Å². The molecule has 1 aromatic heterocycles. The lowest BCUT2D eigenvalue weighted by atomic mass is 10.4. The number of oxime groups is 1. The van der Waals surface area contributed by atoms with Gasteiger partial charge in [0.2, 0.25) is 0 Å². The molecule has 0 unspecified atom stereocenters. The van der Waals surface area contributed by atoms with Crippen LogP contribution in [-0.4, -0.2) is 13.3 Å². The number of halogens is 1. The van der Waals surface area contributed by atoms with Crippen LogP contribution in [0.1, 0.15) is 5.56 Å². The molecule has 0 saturated carbocycles. The molecule has 0 amide bonds. The molecule has 0 spiro atoms. The molecule has 0 aliphatic heterocycles. The van der Waals surface area contributed by atoms with Crippen LogP contribution >= 0.6 is 27.3 Å². The zero-order valence-corrected chi connectivity index (χ0v) is 7.78. The van der Waals surface area contributed by atoms with Gasteiger partial charge >= 0.3 is 0 Å². The van der Waals surface area contributed by atoms with E-state index in [1.54, 1.807) is 17.6 Å². The predicted molar refractivity (Wildman–Crippen MR) is 46.6 cm³/mol. The molecule has 54 valence electrons. The lowest BCUT2D eigenvalue weighted by molar-refractivity contribution is 0.215. The van der Waals surface area contributed by atoms with E-state index >= 15 is 0 Å². The molecule has 10 heavy (non-hydrogen) atoms. The van der Waals surface area contributed by atoms with Gasteiger partial charge in [-0.15, -0.1) is 0 Å². The molecule has 0 atom stereocenters. The summed E-state index contributed by atoms with van der Waals surface area (Å²) in [5, 5.41) is 7.62. The maximum Gasteiger partial charge on any atom is 0.106 e. The molecule has 0 aromatic carbocycles. The first-order valence-corrected chi connectivity index (χ1v) is 4.36. The summed E-state index contributed by atoms with van der Waals surface area (Å²) in [7, 11) is 1.52. The Morgan fingerprint density at radius 2 is 2.50 bits per heavy atom. The van der Waals surface area contributed by atoms with Gasteiger partial charge in [0, 0.05) is 20.8 Å². The van der Waals surface area contributed by atoms with Crippen LogP contribution in [0.2, 0.25) is 0 Å². The maximum absolute atomic E-state index is 4.52. The van der Waals surface area contributed by atoms with Crippen LogP contribution in [0, 0.1) is 0 Å². The highest BCUT2D eigenvalue weighted by Gasteiger charge is 1.94. The standard InChI is InChI=1S/C6H6BrNOS/c1-9-8-2-5-3-10-4-6(5)7/h2-4H,1H3/b8-2+. The Balaban J connectivity index is 2.74. The van der Waals surface area contributed by atoms with E-state index in [-0.39, 0.29) is 0 Å². The predicted octanol–water partition coefficient (Wildman–Crippen LogP) is 2.49. The molecule has 0 aliphatic carbocycles. The second-order valence-corrected chi connectivity index (χ2v) is 3.19. The van der Waals surface area contributed by atoms with Crippen molar-refractivity contribution in [2.24, 2.45) is 5.16 Å². The van der Waals surface area contributed by atoms with E-state index in [0.717, 1.165) is 10.0 Å². The highest BCUT2D eigenvalue weighted by Crippen LogP contribution is 2.19. The van der Waals surface area contributed by atoms with Crippen molar-refractivity contribution in [3.63, 3.8) is 0 Å². The quantitative estimate of drug-likeness (QED) is 0.554. The fourth-order valence-electron chi connectivity index (χ4n) is 0.493. The lowest BCUT2D eigenvalue weighted by Crippen LogP contribution is -1.77. The maximum atomic E-state index is 4.52. The number of thiophene rings is 1. The average Bonchev–Trinajstić information content (AvgIpc) is 2.31. The molecule has 0 bridgehead atoms. The lowest BCUT2D eigenvalue weighted by Gasteiger charge is -1.85. The van der Waals surface area contributed by atoms with Gasteiger partial charge in [-0.1, -0.05) is 5.16 Å². The van der Waals surface area contributed by atoms with Crippen molar-refractivity contribution in [1.82, 2.24) is 0 Å². The Kier molecular flexibility index (Phi) is 2.89. The van der Waals surface area contributed by atoms with Crippen molar-refractivity contribution in [2.45, 2.75) is 0 Å². The van der Waals surface area contributed by atoms with Gasteiger partial charge in [-0.25, -0.2) is 0 Å². The van der Waals surface area contributed by atoms with Gasteiger partial charge in [-0.3, -0.25) is 0 Å². The number of hydrogen-bond donors (Lipinski definition) is 0. The van der Waals surface area contributed by atoms with Gasteiger partial charge in [-0.05, 0) is 15.9 Å². The fraction of sp³-hybridized carbons (Fsp3) is 0.167. The van der Waals surface area contributed by atoms with E-state index in [0.29, 0.717) is 0 Å². The van der Waals surface area contributed by atoms with Crippen LogP contribution in [-0.2, 0) is 4.84 Å². The van der Waals surface area contributed by atoms with Gasteiger partial charge in [0.15, 0.2) is 0 Å². The van der Waals surface area contributed by atoms with E-state index in [1.807, 2.05) is 10.8 Å². The smallest absolute Gasteiger partial charge is 0.106 e. The van der Waals surface area contributed by atoms with Crippen molar-refractivity contribution >= 4 is 33.5 Å². The topological polar surface area (TPSA) is 21.6 Å². The van der Waals surface area contributed by atoms with E-state index in [2.05, 4.69) is 25.9 Å². The van der Waals surface area contributed by atoms with Crippen LogP contribution in [0.25, 0.3) is 0 Å². The van der Waals surface area contributed by atoms with Gasteiger partial charge < -0.3 is 4.84 Å². The third kappa shape index (κ3) is 1.82. The Labute approximate surface area is 71.6 Å². The van der Waals surface area contributed by atoms with Crippen LogP contribution < -0.4 is 0 Å². The van der Waals surface area contributed by atoms with Gasteiger partial charge in [0.05, 0.1) is 6.21 Å². The monoisotopic (exact) mass is 219 g/mol. The third-order valence-electron chi connectivity index (χ3n) is 0.939. The van der Waals surface area contributed by atoms with Crippen LogP contribution in [0.3, 0.4) is 0 Å². The number of hydrogen-bond acceptors (Lipinski definition) is 3. The molecule has 0 saturated heterocycles. The fourth-order valence-corrected chi connectivity index (χ4v) is 1.84. The summed E-state index contributed by atoms with van der Waals surface area (Å²) in [6.45, 7) is 0. The molecule has 1 heterocycles. The second kappa shape index (κ2) is 3.73. The number of rotatable bonds is 2. The van der Waals surface area contributed by atoms with Crippen LogP contribution in [0.15, 0.2) is 20.4 Å². The first kappa shape index (κ1) is 7.75. The Bertz CT molecular complexity index is 233. The van der Waals surface area contributed by atoms with Crippen LogP contribution in [0.4, 0.5) is 0 Å². The third-order valence-corrected chi connectivity index (χ3v) is 2.69. The molecular weight excluding hydrogens is 214 g/mol. The van der Waals surface area contributed by atoms with E-state index < -0.39 is 0 Å². The van der Waals surface area contributed by atoms with E-state index in [1.165, 1.54) is 7.11 Å². The molecule has 0 aliphatic rings. The van der Waals surface area contributed by atoms with Crippen molar-refractivity contribution < 1.29 is 4.84 Å². The summed E-state index contributed by atoms with van der Waals surface area (Å²) in [4.78, 5) is 4.52. The summed E-state index contributed by atoms with van der Waals surface area (Å²) in [6.07, 6.45) is 1.67. The van der Waals surface area contributed by atoms with Gasteiger partial charge in [0.1, 0.15) is 7.11 Å². The van der Waals surface area contributed by atoms with Gasteiger partial charge in [-0.2, -0.15) is 11.3 Å². The molecule has 2 nitrogen and oxygen atoms in total. The summed E-state index contributed by atoms with van der Waals surface area (Å²) in [5.41, 5.74) is 1.05. The Morgan fingerprint density at radius 1 is 1.70 bits per heavy atom. The molecule has 4 heteroatoms. The molecule has 0 radical (unpaired) electrons. The molecule has 0 fully saturated rings. The zero-order chi connectivity index (χ0) is 7.40. The van der Waals surface area contributed by atoms with E-state index in [9.17, 15) is 0 Å². The summed E-state index contributed by atoms with van der Waals surface area (Å²) in [6, 6.07) is 0. The minimum Gasteiger partial charge on any atom is -0.399 e. The second-order valence-electron chi connectivity index (χ2n) is 1.59. The molecule has 1 rings (SSSR count). The average molecular weight is 220 g/mol. The Hall–Kier alpha value is -0.350. The molecule has 1 aromatic rings. The zero-order valence-electron chi connectivity index (χ0n) is 5.37. The highest BCUT2D eigenvalue weighted by atomic mass is 79.9.